The molecule has 0 aromatic rings. The van der Waals surface area contributed by atoms with Crippen LogP contribution in [0.5, 0.6) is 0 Å². The summed E-state index contributed by atoms with van der Waals surface area (Å²) in [7, 11) is 0. The Morgan fingerprint density at radius 3 is 1.27 bits per heavy atom. The first-order valence-corrected chi connectivity index (χ1v) is 9.83. The molecule has 0 heterocycles. The minimum absolute atomic E-state index is 0.0468. The average molecular weight is 481 g/mol. The Morgan fingerprint density at radius 1 is 0.576 bits per heavy atom. The SMILES string of the molecule is N=C(CCC(=O)OC(=O)CCCC(=O)O)OC(=O)CCCC(=O)O.OCC(CO)(CO)CO. The maximum absolute atomic E-state index is 11.3. The lowest BCUT2D eigenvalue weighted by atomic mass is 9.93. The Hall–Kier alpha value is -2.94. The zero-order valence-corrected chi connectivity index (χ0v) is 18.0. The number of carboxylic acid groups (broad SMARTS) is 2. The molecule has 7 N–H and O–H groups in total. The molecule has 0 saturated heterocycles. The lowest BCUT2D eigenvalue weighted by Gasteiger charge is -2.23. The van der Waals surface area contributed by atoms with Crippen LogP contribution in [0.15, 0.2) is 0 Å². The van der Waals surface area contributed by atoms with Crippen LogP contribution in [0.4, 0.5) is 0 Å². The van der Waals surface area contributed by atoms with E-state index in [2.05, 4.69) is 9.47 Å². The largest absolute Gasteiger partial charge is 0.481 e. The molecule has 14 nitrogen and oxygen atoms in total. The molecule has 0 rings (SSSR count). The minimum atomic E-state index is -1.11. The van der Waals surface area contributed by atoms with Gasteiger partial charge in [-0.05, 0) is 12.8 Å². The molecule has 0 saturated carbocycles. The molecule has 0 aromatic carbocycles. The molecule has 0 atom stereocenters. The van der Waals surface area contributed by atoms with E-state index in [0.29, 0.717) is 0 Å². The zero-order valence-electron chi connectivity index (χ0n) is 18.0. The fraction of sp³-hybridized carbons (Fsp3) is 0.684. The van der Waals surface area contributed by atoms with Gasteiger partial charge in [0.2, 0.25) is 0 Å². The van der Waals surface area contributed by atoms with Gasteiger partial charge < -0.3 is 40.1 Å². The van der Waals surface area contributed by atoms with Crippen LogP contribution >= 0.6 is 0 Å². The summed E-state index contributed by atoms with van der Waals surface area (Å²) in [5.41, 5.74) is -1.11. The van der Waals surface area contributed by atoms with E-state index in [4.69, 9.17) is 36.0 Å². The molecule has 0 unspecified atom stereocenters. The number of carbonyl (C=O) groups excluding carboxylic acids is 3. The van der Waals surface area contributed by atoms with Crippen LogP contribution in [0, 0.1) is 10.8 Å². The number of aliphatic hydroxyl groups excluding tert-OH is 4. The molecule has 0 radical (unpaired) electrons. The molecular weight excluding hydrogens is 450 g/mol. The Kier molecular flexibility index (Phi) is 18.2. The number of hydrogen-bond donors (Lipinski definition) is 7. The Labute approximate surface area is 189 Å². The molecule has 0 aliphatic carbocycles. The third-order valence-corrected chi connectivity index (χ3v) is 3.91. The molecule has 0 bridgehead atoms. The van der Waals surface area contributed by atoms with Gasteiger partial charge in [-0.15, -0.1) is 0 Å². The van der Waals surface area contributed by atoms with E-state index in [1.54, 1.807) is 0 Å². The van der Waals surface area contributed by atoms with E-state index in [0.717, 1.165) is 0 Å². The maximum atomic E-state index is 11.3. The van der Waals surface area contributed by atoms with Crippen LogP contribution in [0.2, 0.25) is 0 Å². The van der Waals surface area contributed by atoms with Gasteiger partial charge in [0.1, 0.15) is 0 Å². The second kappa shape index (κ2) is 18.6. The van der Waals surface area contributed by atoms with Crippen molar-refractivity contribution in [1.29, 1.82) is 5.41 Å². The summed E-state index contributed by atoms with van der Waals surface area (Å²) in [4.78, 5) is 54.3. The highest BCUT2D eigenvalue weighted by Gasteiger charge is 2.26. The number of nitrogens with one attached hydrogen (secondary N) is 1. The predicted molar refractivity (Wildman–Crippen MR) is 108 cm³/mol. The highest BCUT2D eigenvalue weighted by Crippen LogP contribution is 2.11. The van der Waals surface area contributed by atoms with E-state index in [-0.39, 0.29) is 51.4 Å². The summed E-state index contributed by atoms with van der Waals surface area (Å²) in [6, 6.07) is 0. The Morgan fingerprint density at radius 2 is 0.939 bits per heavy atom. The monoisotopic (exact) mass is 481 g/mol. The van der Waals surface area contributed by atoms with Crippen LogP contribution in [0.3, 0.4) is 0 Å². The van der Waals surface area contributed by atoms with Crippen LogP contribution < -0.4 is 0 Å². The number of carboxylic acids is 2. The van der Waals surface area contributed by atoms with Gasteiger partial charge in [-0.3, -0.25) is 29.4 Å². The number of carbonyl (C=O) groups is 5. The van der Waals surface area contributed by atoms with Crippen LogP contribution in [-0.2, 0) is 33.4 Å². The van der Waals surface area contributed by atoms with Crippen molar-refractivity contribution in [1.82, 2.24) is 0 Å². The Bertz CT molecular complexity index is 595. The number of esters is 3. The second-order valence-electron chi connectivity index (χ2n) is 6.87. The fourth-order valence-corrected chi connectivity index (χ4v) is 1.75. The molecule has 0 fully saturated rings. The number of hydrogen-bond acceptors (Lipinski definition) is 12. The minimum Gasteiger partial charge on any atom is -0.481 e. The third kappa shape index (κ3) is 18.3. The van der Waals surface area contributed by atoms with Gasteiger partial charge in [-0.2, -0.15) is 0 Å². The topological polar surface area (TPSA) is 249 Å². The molecule has 0 aromatic heterocycles. The van der Waals surface area contributed by atoms with Crippen LogP contribution in [0.25, 0.3) is 0 Å². The summed E-state index contributed by atoms with van der Waals surface area (Å²) >= 11 is 0. The number of rotatable bonds is 15. The van der Waals surface area contributed by atoms with Gasteiger partial charge in [-0.1, -0.05) is 0 Å². The van der Waals surface area contributed by atoms with Gasteiger partial charge in [0.15, 0.2) is 5.90 Å². The van der Waals surface area contributed by atoms with Crippen molar-refractivity contribution < 1.29 is 64.1 Å². The third-order valence-electron chi connectivity index (χ3n) is 3.91. The molecular formula is C19H31NO13. The molecule has 33 heavy (non-hydrogen) atoms. The van der Waals surface area contributed by atoms with E-state index in [9.17, 15) is 24.0 Å². The highest BCUT2D eigenvalue weighted by molar-refractivity contribution is 5.91. The molecule has 0 aliphatic rings. The first-order valence-electron chi connectivity index (χ1n) is 9.83. The van der Waals surface area contributed by atoms with Gasteiger partial charge in [0.25, 0.3) is 0 Å². The first kappa shape index (κ1) is 32.2. The maximum Gasteiger partial charge on any atom is 0.313 e. The molecule has 0 spiro atoms. The molecule has 190 valence electrons. The summed E-state index contributed by atoms with van der Waals surface area (Å²) in [5, 5.41) is 58.1. The van der Waals surface area contributed by atoms with Crippen molar-refractivity contribution in [2.45, 2.75) is 51.4 Å². The van der Waals surface area contributed by atoms with Crippen molar-refractivity contribution in [3.8, 4) is 0 Å². The highest BCUT2D eigenvalue weighted by atomic mass is 16.6. The number of aliphatic carboxylic acids is 2. The lowest BCUT2D eigenvalue weighted by molar-refractivity contribution is -0.159. The summed E-state index contributed by atoms with van der Waals surface area (Å²) < 4.78 is 8.98. The average Bonchev–Trinajstić information content (AvgIpc) is 2.74. The number of ether oxygens (including phenoxy) is 2. The number of aliphatic hydroxyl groups is 4. The molecule has 0 aliphatic heterocycles. The van der Waals surface area contributed by atoms with Crippen molar-refractivity contribution in [3.63, 3.8) is 0 Å². The van der Waals surface area contributed by atoms with E-state index < -0.39 is 67.6 Å². The predicted octanol–water partition coefficient (Wildman–Crippen LogP) is -1.19. The van der Waals surface area contributed by atoms with Crippen LogP contribution in [0.1, 0.15) is 51.4 Å². The van der Waals surface area contributed by atoms with E-state index >= 15 is 0 Å². The van der Waals surface area contributed by atoms with Crippen molar-refractivity contribution in [2.24, 2.45) is 5.41 Å². The lowest BCUT2D eigenvalue weighted by Crippen LogP contribution is -2.37. The quantitative estimate of drug-likeness (QED) is 0.0629. The molecule has 14 heteroatoms. The second-order valence-corrected chi connectivity index (χ2v) is 6.87. The standard InChI is InChI=1S/C14H19NO9.C5H12O4/c15-9(23-12(20)5-1-3-10(16)17)7-8-14(22)24-13(21)6-2-4-11(18)19;6-1-5(2-7,3-8)4-9/h15H,1-8H2,(H,16,17)(H,18,19);6-9H,1-4H2. The fourth-order valence-electron chi connectivity index (χ4n) is 1.75. The van der Waals surface area contributed by atoms with Crippen molar-refractivity contribution in [2.75, 3.05) is 26.4 Å². The van der Waals surface area contributed by atoms with E-state index in [1.165, 1.54) is 0 Å². The first-order chi connectivity index (χ1) is 15.4. The Balaban J connectivity index is 0. The van der Waals surface area contributed by atoms with Crippen LogP contribution in [-0.4, -0.2) is 92.8 Å². The summed E-state index contributed by atoms with van der Waals surface area (Å²) in [6.07, 6.45) is -1.28. The normalized spacial score (nSPS) is 10.4. The van der Waals surface area contributed by atoms with Gasteiger partial charge in [0, 0.05) is 32.1 Å². The van der Waals surface area contributed by atoms with Crippen molar-refractivity contribution in [3.05, 3.63) is 0 Å². The summed E-state index contributed by atoms with van der Waals surface area (Å²) in [5.74, 6) is -5.16. The smallest absolute Gasteiger partial charge is 0.313 e. The van der Waals surface area contributed by atoms with Crippen molar-refractivity contribution >= 4 is 35.7 Å². The van der Waals surface area contributed by atoms with Gasteiger partial charge >= 0.3 is 29.8 Å². The molecule has 0 amide bonds. The van der Waals surface area contributed by atoms with E-state index in [1.807, 2.05) is 0 Å². The summed E-state index contributed by atoms with van der Waals surface area (Å²) in [6.45, 7) is -1.62. The zero-order chi connectivity index (χ0) is 25.9. The van der Waals surface area contributed by atoms with Gasteiger partial charge in [0.05, 0.1) is 38.3 Å². The van der Waals surface area contributed by atoms with Gasteiger partial charge in [-0.25, -0.2) is 0 Å².